The van der Waals surface area contributed by atoms with Gasteiger partial charge in [0.2, 0.25) is 33.3 Å². The van der Waals surface area contributed by atoms with Crippen LogP contribution in [0, 0.1) is 17.8 Å². The predicted octanol–water partition coefficient (Wildman–Crippen LogP) is 5.31. The van der Waals surface area contributed by atoms with Crippen LogP contribution in [0.3, 0.4) is 0 Å². The zero-order valence-corrected chi connectivity index (χ0v) is 35.6. The Hall–Kier alpha value is -4.81. The quantitative estimate of drug-likeness (QED) is 0.262. The number of hydrogen-bond acceptors (Lipinski definition) is 11. The van der Waals surface area contributed by atoms with Crippen molar-refractivity contribution in [3.8, 4) is 17.4 Å². The lowest BCUT2D eigenvalue weighted by Crippen LogP contribution is -2.59. The molecule has 3 N–H and O–H groups in total. The number of amides is 4. The summed E-state index contributed by atoms with van der Waals surface area (Å²) in [5, 5.41) is 6.33. The van der Waals surface area contributed by atoms with E-state index in [1.165, 1.54) is 25.1 Å². The number of alkyl halides is 3. The summed E-state index contributed by atoms with van der Waals surface area (Å²) >= 11 is 0. The number of hydrogen-bond donors (Lipinski definition) is 3. The van der Waals surface area contributed by atoms with Gasteiger partial charge in [-0.15, -0.1) is 0 Å². The second kappa shape index (κ2) is 16.6. The van der Waals surface area contributed by atoms with Gasteiger partial charge in [0.05, 0.1) is 31.2 Å². The van der Waals surface area contributed by atoms with Crippen LogP contribution in [-0.2, 0) is 29.1 Å². The molecule has 19 heteroatoms. The largest absolute Gasteiger partial charge is 0.497 e. The number of rotatable bonds is 10. The number of nitrogens with one attached hydrogen (secondary N) is 3. The summed E-state index contributed by atoms with van der Waals surface area (Å²) in [7, 11) is -2.57. The Balaban J connectivity index is 1.37. The van der Waals surface area contributed by atoms with Crippen LogP contribution in [0.2, 0.25) is 0 Å². The van der Waals surface area contributed by atoms with Gasteiger partial charge in [0.15, 0.2) is 0 Å². The molecule has 7 atom stereocenters. The Bertz CT molecular complexity index is 2150. The van der Waals surface area contributed by atoms with E-state index in [2.05, 4.69) is 20.3 Å². The first-order valence-electron chi connectivity index (χ1n) is 20.2. The normalized spacial score (nSPS) is 28.3. The number of carbonyl (C=O) groups is 4. The van der Waals surface area contributed by atoms with E-state index in [0.717, 1.165) is 0 Å². The molecule has 3 heterocycles. The predicted molar refractivity (Wildman–Crippen MR) is 213 cm³/mol. The van der Waals surface area contributed by atoms with Crippen molar-refractivity contribution in [2.24, 2.45) is 17.8 Å². The number of allylic oxidation sites excluding steroid dienone is 1. The van der Waals surface area contributed by atoms with Crippen molar-refractivity contribution in [2.45, 2.75) is 127 Å². The number of fused-ring (bicyclic) bond motifs is 3. The average molecular weight is 866 g/mol. The summed E-state index contributed by atoms with van der Waals surface area (Å²) in [6.07, 6.45) is 0.0146. The van der Waals surface area contributed by atoms with E-state index in [-0.39, 0.29) is 31.2 Å². The topological polar surface area (TPSA) is 192 Å². The van der Waals surface area contributed by atoms with Crippen molar-refractivity contribution in [2.75, 3.05) is 20.3 Å². The molecule has 60 heavy (non-hydrogen) atoms. The Kier molecular flexibility index (Phi) is 12.4. The van der Waals surface area contributed by atoms with Crippen LogP contribution in [0.4, 0.5) is 18.0 Å². The van der Waals surface area contributed by atoms with E-state index in [4.69, 9.17) is 18.9 Å². The molecule has 7 unspecified atom stereocenters. The molecule has 4 amide bonds. The molecule has 2 saturated carbocycles. The van der Waals surface area contributed by atoms with E-state index in [1.54, 1.807) is 31.2 Å². The number of nitrogens with zero attached hydrogens (tertiary/aromatic N) is 2. The van der Waals surface area contributed by atoms with Crippen LogP contribution in [0.1, 0.15) is 86.5 Å². The third-order valence-corrected chi connectivity index (χ3v) is 14.3. The molecule has 3 fully saturated rings. The Labute approximate surface area is 347 Å². The molecule has 0 bridgehead atoms. The monoisotopic (exact) mass is 865 g/mol. The van der Waals surface area contributed by atoms with Crippen LogP contribution in [0.25, 0.3) is 10.8 Å². The maximum absolute atomic E-state index is 14.8. The minimum Gasteiger partial charge on any atom is -0.497 e. The lowest BCUT2D eigenvalue weighted by molar-refractivity contribution is -0.244. The summed E-state index contributed by atoms with van der Waals surface area (Å²) in [4.78, 5) is 62.2. The van der Waals surface area contributed by atoms with Crippen molar-refractivity contribution < 1.29 is 59.7 Å². The minimum absolute atomic E-state index is 0.0472. The van der Waals surface area contributed by atoms with Crippen LogP contribution < -0.4 is 29.6 Å². The van der Waals surface area contributed by atoms with Crippen molar-refractivity contribution in [1.82, 2.24) is 25.2 Å². The number of alkyl carbamates (subject to hydrolysis) is 1. The Morgan fingerprint density at radius 2 is 1.82 bits per heavy atom. The molecule has 2 aliphatic heterocycles. The number of methoxy groups -OCH3 is 1. The second-order valence-corrected chi connectivity index (χ2v) is 19.4. The number of carbonyl (C=O) groups excluding carboxylic acids is 4. The molecule has 1 saturated heterocycles. The number of sulfonamides is 1. The Morgan fingerprint density at radius 1 is 1.10 bits per heavy atom. The highest BCUT2D eigenvalue weighted by molar-refractivity contribution is 7.91. The summed E-state index contributed by atoms with van der Waals surface area (Å²) in [6.45, 7) is 8.46. The molecule has 6 rings (SSSR count). The van der Waals surface area contributed by atoms with Gasteiger partial charge in [-0.25, -0.2) is 18.2 Å². The summed E-state index contributed by atoms with van der Waals surface area (Å²) in [5.74, 6) is -2.60. The molecular weight excluding hydrogens is 812 g/mol. The van der Waals surface area contributed by atoms with Crippen LogP contribution in [0.15, 0.2) is 36.5 Å². The van der Waals surface area contributed by atoms with Crippen molar-refractivity contribution >= 4 is 44.6 Å². The maximum Gasteiger partial charge on any atom is 0.427 e. The van der Waals surface area contributed by atoms with Crippen molar-refractivity contribution in [3.63, 3.8) is 0 Å². The van der Waals surface area contributed by atoms with Crippen molar-refractivity contribution in [3.05, 3.63) is 36.5 Å². The van der Waals surface area contributed by atoms with Gasteiger partial charge in [0.25, 0.3) is 5.91 Å². The van der Waals surface area contributed by atoms with E-state index in [9.17, 15) is 40.8 Å². The van der Waals surface area contributed by atoms with Gasteiger partial charge in [0.1, 0.15) is 35.2 Å². The van der Waals surface area contributed by atoms with Crippen molar-refractivity contribution in [1.29, 1.82) is 0 Å². The fourth-order valence-corrected chi connectivity index (χ4v) is 9.17. The third kappa shape index (κ3) is 9.10. The molecule has 0 spiro atoms. The van der Waals surface area contributed by atoms with Gasteiger partial charge >= 0.3 is 12.3 Å². The van der Waals surface area contributed by atoms with Crippen LogP contribution >= 0.6 is 0 Å². The highest BCUT2D eigenvalue weighted by Crippen LogP contribution is 2.48. The highest BCUT2D eigenvalue weighted by Gasteiger charge is 2.63. The van der Waals surface area contributed by atoms with Gasteiger partial charge in [0, 0.05) is 23.1 Å². The lowest BCUT2D eigenvalue weighted by Gasteiger charge is -2.34. The smallest absolute Gasteiger partial charge is 0.427 e. The molecular formula is C41H54F3N5O10S. The zero-order valence-electron chi connectivity index (χ0n) is 34.8. The van der Waals surface area contributed by atoms with E-state index < -0.39 is 85.9 Å². The fraction of sp³-hybridized carbons (Fsp3) is 0.634. The number of benzene rings is 1. The molecule has 2 aliphatic carbocycles. The number of ether oxygens (including phenoxy) is 4. The third-order valence-electron chi connectivity index (χ3n) is 12.2. The molecule has 1 aromatic carbocycles. The van der Waals surface area contributed by atoms with Crippen LogP contribution in [0.5, 0.6) is 17.4 Å². The van der Waals surface area contributed by atoms with E-state index in [0.29, 0.717) is 74.8 Å². The minimum atomic E-state index is -4.92. The number of pyridine rings is 1. The second-order valence-electron chi connectivity index (χ2n) is 17.3. The summed E-state index contributed by atoms with van der Waals surface area (Å²) in [6, 6.07) is 2.38. The van der Waals surface area contributed by atoms with Gasteiger partial charge < -0.3 is 34.5 Å². The SMILES string of the molecule is CCOc1cnc(OC2CC3C(=O)NC4(C(=O)NS(=O)(=O)C5(C)CC5)CC4C=CCCC(C)CC(C)C(NC(=O)OC(C)(C)C(F)(F)F)C(=O)N3C2)c2ccc(OC)cc12. The zero-order chi connectivity index (χ0) is 44.0. The van der Waals surface area contributed by atoms with Crippen LogP contribution in [-0.4, -0.2) is 103 Å². The van der Waals surface area contributed by atoms with Gasteiger partial charge in [-0.1, -0.05) is 26.0 Å². The molecule has 4 aliphatic rings. The maximum atomic E-state index is 14.8. The van der Waals surface area contributed by atoms with Gasteiger partial charge in [-0.2, -0.15) is 13.2 Å². The Morgan fingerprint density at radius 3 is 2.47 bits per heavy atom. The number of aromatic nitrogens is 1. The van der Waals surface area contributed by atoms with E-state index >= 15 is 0 Å². The average Bonchev–Trinajstić information content (AvgIpc) is 4.05. The standard InChI is InChI=1S/C41H54F3N5O10S/c1-8-57-31-21-45-34(28-14-13-26(56-7)18-29(28)31)58-27-19-30-33(50)47-40(36(52)48-60(54,55)39(6)15-16-39)20-25(40)12-10-9-11-23(2)17-24(3)32(35(51)49(30)22-27)46-37(53)59-38(4,5)41(42,43)44/h10,12-14,18,21,23-25,27,30,32H,8-9,11,15-17,19-20,22H2,1-7H3,(H,46,53)(H,47,50)(H,48,52). The summed E-state index contributed by atoms with van der Waals surface area (Å²) < 4.78 is 91.3. The van der Waals surface area contributed by atoms with E-state index in [1.807, 2.05) is 19.9 Å². The molecule has 2 aromatic rings. The fourth-order valence-electron chi connectivity index (χ4n) is 7.86. The van der Waals surface area contributed by atoms with Gasteiger partial charge in [-0.3, -0.25) is 19.1 Å². The molecule has 0 radical (unpaired) electrons. The van der Waals surface area contributed by atoms with Gasteiger partial charge in [-0.05, 0) is 96.3 Å². The number of halogens is 3. The molecule has 1 aromatic heterocycles. The molecule has 330 valence electrons. The molecule has 15 nitrogen and oxygen atoms in total. The summed E-state index contributed by atoms with van der Waals surface area (Å²) in [5.41, 5.74) is -4.55. The highest BCUT2D eigenvalue weighted by atomic mass is 32.2. The first-order valence-corrected chi connectivity index (χ1v) is 21.7. The first kappa shape index (κ1) is 44.7. The first-order chi connectivity index (χ1) is 28.0. The lowest BCUT2D eigenvalue weighted by atomic mass is 9.88.